The first-order chi connectivity index (χ1) is 5.54. The van der Waals surface area contributed by atoms with Gasteiger partial charge in [0.25, 0.3) is 0 Å². The van der Waals surface area contributed by atoms with Gasteiger partial charge in [-0.15, -0.1) is 0 Å². The predicted molar refractivity (Wildman–Crippen MR) is 33.9 cm³/mol. The molecule has 4 heteroatoms. The minimum absolute atomic E-state index is 0.265. The van der Waals surface area contributed by atoms with Crippen molar-refractivity contribution in [3.63, 3.8) is 0 Å². The highest BCUT2D eigenvalue weighted by molar-refractivity contribution is 5.78. The van der Waals surface area contributed by atoms with Crippen LogP contribution in [0.25, 0.3) is 0 Å². The van der Waals surface area contributed by atoms with E-state index in [1.54, 1.807) is 0 Å². The summed E-state index contributed by atoms with van der Waals surface area (Å²) in [6.07, 6.45) is 0.446. The Bertz CT molecular complexity index is 275. The van der Waals surface area contributed by atoms with Gasteiger partial charge in [-0.3, -0.25) is 9.89 Å². The molecule has 0 aliphatic carbocycles. The van der Waals surface area contributed by atoms with Crippen molar-refractivity contribution < 1.29 is 8.91 Å². The van der Waals surface area contributed by atoms with Gasteiger partial charge in [0.1, 0.15) is 0 Å². The van der Waals surface area contributed by atoms with Crippen molar-refractivity contribution in [2.75, 3.05) is 6.52 Å². The van der Waals surface area contributed by atoms with E-state index < -0.39 is 12.6 Å². The van der Waals surface area contributed by atoms with Crippen molar-refractivity contribution >= 4 is 12.2 Å². The molecule has 0 aromatic heterocycles. The highest BCUT2D eigenvalue weighted by Crippen LogP contribution is 1.92. The van der Waals surface area contributed by atoms with E-state index in [4.69, 9.17) is 9.85 Å². The van der Waals surface area contributed by atoms with Crippen LogP contribution in [0.1, 0.15) is 4.11 Å². The Kier molecular flexibility index (Phi) is 0.768. The summed E-state index contributed by atoms with van der Waals surface area (Å²) in [5, 5.41) is 0. The van der Waals surface area contributed by atoms with Crippen molar-refractivity contribution in [3.05, 3.63) is 12.4 Å². The number of hydrogen-bond acceptors (Lipinski definition) is 2. The average molecular weight is 128 g/mol. The smallest absolute Gasteiger partial charge is 0.319 e. The Morgan fingerprint density at radius 2 is 2.89 bits per heavy atom. The molecule has 1 unspecified atom stereocenters. The summed E-state index contributed by atoms with van der Waals surface area (Å²) in [7, 11) is 0. The van der Waals surface area contributed by atoms with Crippen molar-refractivity contribution in [3.8, 4) is 0 Å². The summed E-state index contributed by atoms with van der Waals surface area (Å²) in [5.74, 6) is 0. The molecule has 2 N–H and O–H groups in total. The summed E-state index contributed by atoms with van der Waals surface area (Å²) in [4.78, 5) is 14.7. The van der Waals surface area contributed by atoms with Gasteiger partial charge in [0.05, 0.1) is 10.6 Å². The quantitative estimate of drug-likeness (QED) is 0.487. The molecule has 0 aromatic carbocycles. The summed E-state index contributed by atoms with van der Waals surface area (Å²) >= 11 is 0. The number of rotatable bonds is 0. The van der Waals surface area contributed by atoms with E-state index in [1.807, 2.05) is 0 Å². The maximum atomic E-state index is 10.6. The number of primary amides is 1. The number of amides is 2. The molecule has 0 saturated carbocycles. The number of carbonyl (C=O) groups excluding carboxylic acids is 1. The van der Waals surface area contributed by atoms with Gasteiger partial charge < -0.3 is 5.73 Å². The van der Waals surface area contributed by atoms with Crippen LogP contribution >= 0.6 is 0 Å². The van der Waals surface area contributed by atoms with Crippen LogP contribution in [-0.4, -0.2) is 23.6 Å². The molecule has 1 rings (SSSR count). The van der Waals surface area contributed by atoms with Gasteiger partial charge in [-0.2, -0.15) is 0 Å². The number of hydrogen-bond donors (Lipinski definition) is 1. The van der Waals surface area contributed by atoms with Gasteiger partial charge in [-0.1, -0.05) is 0 Å². The normalized spacial score (nSPS) is 31.3. The van der Waals surface area contributed by atoms with E-state index in [9.17, 15) is 4.79 Å². The summed E-state index contributed by atoms with van der Waals surface area (Å²) in [5.41, 5.74) is 4.88. The van der Waals surface area contributed by atoms with Crippen LogP contribution < -0.4 is 5.73 Å². The molecule has 0 saturated heterocycles. The number of nitrogens with zero attached hydrogens (tertiary/aromatic N) is 2. The zero-order valence-electron chi connectivity index (χ0n) is 7.53. The van der Waals surface area contributed by atoms with Crippen molar-refractivity contribution in [1.82, 2.24) is 4.90 Å². The predicted octanol–water partition coefficient (Wildman–Crippen LogP) is -0.0773. The summed E-state index contributed by atoms with van der Waals surface area (Å²) in [6.45, 7) is -1.29. The molecule has 0 spiro atoms. The molecular weight excluding hydrogens is 118 g/mol. The van der Waals surface area contributed by atoms with Gasteiger partial charge in [-0.25, -0.2) is 4.79 Å². The second-order valence-electron chi connectivity index (χ2n) is 1.35. The maximum absolute atomic E-state index is 10.6. The molecule has 48 valence electrons. The lowest BCUT2D eigenvalue weighted by molar-refractivity contribution is 0.229. The second kappa shape index (κ2) is 2.30. The molecule has 0 radical (unpaired) electrons. The standard InChI is InChI=1S/C5H7N3O/c6-5(9)8-3-1-7-2-4-8/h1-3H,4H2,(H2,6,9)/i2D,3D,4D. The first kappa shape index (κ1) is 3.00. The van der Waals surface area contributed by atoms with Gasteiger partial charge in [0, 0.05) is 18.6 Å². The fraction of sp³-hybridized carbons (Fsp3) is 0.200. The van der Waals surface area contributed by atoms with E-state index in [0.29, 0.717) is 4.90 Å². The number of urea groups is 1. The topological polar surface area (TPSA) is 58.7 Å². The molecule has 2 amide bonds. The van der Waals surface area contributed by atoms with Crippen LogP contribution in [-0.2, 0) is 0 Å². The largest absolute Gasteiger partial charge is 0.351 e. The van der Waals surface area contributed by atoms with E-state index in [-0.39, 0.29) is 12.4 Å². The molecule has 1 aliphatic rings. The SMILES string of the molecule is [2H]C1=CN=C([2H])C([2H])N1C(N)=O. The monoisotopic (exact) mass is 128 g/mol. The van der Waals surface area contributed by atoms with Gasteiger partial charge in [0.2, 0.25) is 0 Å². The van der Waals surface area contributed by atoms with Crippen LogP contribution in [0.2, 0.25) is 0 Å². The summed E-state index contributed by atoms with van der Waals surface area (Å²) < 4.78 is 21.5. The van der Waals surface area contributed by atoms with Gasteiger partial charge in [-0.05, 0) is 0 Å². The van der Waals surface area contributed by atoms with Crippen LogP contribution in [0.3, 0.4) is 0 Å². The lowest BCUT2D eigenvalue weighted by Gasteiger charge is -2.13. The zero-order valence-corrected chi connectivity index (χ0v) is 4.53. The van der Waals surface area contributed by atoms with Gasteiger partial charge in [0.15, 0.2) is 0 Å². The van der Waals surface area contributed by atoms with E-state index in [0.717, 1.165) is 6.20 Å². The number of nitrogens with two attached hydrogens (primary N) is 1. The Balaban J connectivity index is 2.97. The molecule has 1 heterocycles. The minimum Gasteiger partial charge on any atom is -0.351 e. The molecule has 4 nitrogen and oxygen atoms in total. The molecule has 1 aliphatic heterocycles. The second-order valence-corrected chi connectivity index (χ2v) is 1.35. The van der Waals surface area contributed by atoms with Crippen LogP contribution in [0.15, 0.2) is 17.4 Å². The van der Waals surface area contributed by atoms with Crippen molar-refractivity contribution in [1.29, 1.82) is 0 Å². The van der Waals surface area contributed by atoms with Crippen LogP contribution in [0, 0.1) is 0 Å². The molecule has 0 fully saturated rings. The van der Waals surface area contributed by atoms with Crippen molar-refractivity contribution in [2.45, 2.75) is 0 Å². The average Bonchev–Trinajstić information content (AvgIpc) is 1.97. The highest BCUT2D eigenvalue weighted by atomic mass is 16.2. The third-order valence-corrected chi connectivity index (χ3v) is 0.760. The van der Waals surface area contributed by atoms with Gasteiger partial charge >= 0.3 is 6.03 Å². The van der Waals surface area contributed by atoms with E-state index >= 15 is 0 Å². The molecule has 0 aromatic rings. The Morgan fingerprint density at radius 1 is 2.11 bits per heavy atom. The number of aliphatic imine (C=N–C) groups is 1. The van der Waals surface area contributed by atoms with Crippen LogP contribution in [0.4, 0.5) is 4.79 Å². The Morgan fingerprint density at radius 3 is 3.44 bits per heavy atom. The third kappa shape index (κ3) is 1.28. The lowest BCUT2D eigenvalue weighted by atomic mass is 10.5. The van der Waals surface area contributed by atoms with Crippen molar-refractivity contribution in [2.24, 2.45) is 10.7 Å². The molecule has 1 atom stereocenters. The fourth-order valence-electron chi connectivity index (χ4n) is 0.384. The van der Waals surface area contributed by atoms with E-state index in [1.165, 1.54) is 0 Å². The highest BCUT2D eigenvalue weighted by Gasteiger charge is 2.03. The lowest BCUT2D eigenvalue weighted by Crippen LogP contribution is -2.33. The zero-order chi connectivity index (χ0) is 9.30. The molecule has 0 bridgehead atoms. The Hall–Kier alpha value is -1.32. The maximum Gasteiger partial charge on any atom is 0.319 e. The van der Waals surface area contributed by atoms with Crippen LogP contribution in [0.5, 0.6) is 0 Å². The first-order valence-corrected chi connectivity index (χ1v) is 2.26. The van der Waals surface area contributed by atoms with E-state index in [2.05, 4.69) is 4.99 Å². The minimum atomic E-state index is -1.29. The Labute approximate surface area is 56.9 Å². The third-order valence-electron chi connectivity index (χ3n) is 0.760. The number of carbonyl (C=O) groups is 1. The molecule has 9 heavy (non-hydrogen) atoms. The fourth-order valence-corrected chi connectivity index (χ4v) is 0.384. The first-order valence-electron chi connectivity index (χ1n) is 3.83. The summed E-state index contributed by atoms with van der Waals surface area (Å²) in [6, 6.07) is -0.920. The molecular formula is C5H7N3O.